The van der Waals surface area contributed by atoms with Crippen LogP contribution in [-0.4, -0.2) is 40.5 Å². The molecule has 1 aromatic rings. The monoisotopic (exact) mass is 342 g/mol. The summed E-state index contributed by atoms with van der Waals surface area (Å²) in [5, 5.41) is 7.57. The second-order valence-corrected chi connectivity index (χ2v) is 7.04. The van der Waals surface area contributed by atoms with E-state index in [4.69, 9.17) is 5.14 Å². The van der Waals surface area contributed by atoms with Gasteiger partial charge in [0.15, 0.2) is 0 Å². The molecule has 0 aromatic carbocycles. The molecule has 120 valence electrons. The Morgan fingerprint density at radius 2 is 2.14 bits per heavy atom. The Hall–Kier alpha value is -1.10. The van der Waals surface area contributed by atoms with Gasteiger partial charge in [0.25, 0.3) is 6.43 Å². The number of sulfonamides is 1. The van der Waals surface area contributed by atoms with Crippen LogP contribution in [0.5, 0.6) is 0 Å². The van der Waals surface area contributed by atoms with Gasteiger partial charge in [0.1, 0.15) is 10.8 Å². The first-order valence-corrected chi connectivity index (χ1v) is 8.39. The van der Waals surface area contributed by atoms with Crippen molar-refractivity contribution in [1.82, 2.24) is 5.32 Å². The fourth-order valence-corrected chi connectivity index (χ4v) is 3.17. The van der Waals surface area contributed by atoms with Crippen molar-refractivity contribution < 1.29 is 26.7 Å². The zero-order chi connectivity index (χ0) is 15.9. The highest BCUT2D eigenvalue weighted by Gasteiger charge is 2.11. The van der Waals surface area contributed by atoms with Gasteiger partial charge in [-0.25, -0.2) is 22.3 Å². The quantitative estimate of drug-likeness (QED) is 0.646. The molecule has 0 aliphatic carbocycles. The smallest absolute Gasteiger partial charge is 0.261 e. The average molecular weight is 342 g/mol. The summed E-state index contributed by atoms with van der Waals surface area (Å²) in [5.41, 5.74) is 0. The molecular weight excluding hydrogens is 326 g/mol. The molecule has 6 nitrogen and oxygen atoms in total. The van der Waals surface area contributed by atoms with Gasteiger partial charge in [-0.1, -0.05) is 0 Å². The Bertz CT molecular complexity index is 560. The third kappa shape index (κ3) is 7.46. The fraction of sp³-hybridized carbons (Fsp3) is 0.545. The topological polar surface area (TPSA) is 98.5 Å². The number of carbonyl (C=O) groups excluding carboxylic acids is 1. The molecule has 10 heteroatoms. The van der Waals surface area contributed by atoms with Crippen molar-refractivity contribution in [1.29, 1.82) is 0 Å². The normalized spacial score (nSPS) is 11.8. The van der Waals surface area contributed by atoms with Crippen molar-refractivity contribution in [3.63, 3.8) is 0 Å². The van der Waals surface area contributed by atoms with E-state index in [0.717, 1.165) is 16.2 Å². The summed E-state index contributed by atoms with van der Waals surface area (Å²) in [4.78, 5) is 12.1. The van der Waals surface area contributed by atoms with Gasteiger partial charge in [-0.15, -0.1) is 11.3 Å². The molecule has 0 saturated heterocycles. The first-order valence-electron chi connectivity index (χ1n) is 6.03. The number of halogens is 2. The van der Waals surface area contributed by atoms with E-state index in [9.17, 15) is 22.0 Å². The van der Waals surface area contributed by atoms with E-state index >= 15 is 0 Å². The van der Waals surface area contributed by atoms with E-state index in [1.165, 1.54) is 6.07 Å². The lowest BCUT2D eigenvalue weighted by Gasteiger charge is -2.05. The molecule has 0 unspecified atom stereocenters. The van der Waals surface area contributed by atoms with Crippen molar-refractivity contribution in [2.75, 3.05) is 19.8 Å². The molecule has 0 aliphatic heterocycles. The van der Waals surface area contributed by atoms with Crippen LogP contribution in [-0.2, 0) is 26.0 Å². The molecule has 0 spiro atoms. The summed E-state index contributed by atoms with van der Waals surface area (Å²) in [6.07, 6.45) is -2.08. The third-order valence-electron chi connectivity index (χ3n) is 2.33. The van der Waals surface area contributed by atoms with Gasteiger partial charge in [-0.2, -0.15) is 0 Å². The van der Waals surface area contributed by atoms with Gasteiger partial charge in [-0.3, -0.25) is 4.79 Å². The van der Waals surface area contributed by atoms with Crippen LogP contribution < -0.4 is 10.5 Å². The number of carbonyl (C=O) groups is 1. The summed E-state index contributed by atoms with van der Waals surface area (Å²) >= 11 is 1.04. The van der Waals surface area contributed by atoms with Crippen LogP contribution in [0, 0.1) is 0 Å². The number of nitrogens with two attached hydrogens (primary N) is 1. The standard InChI is InChI=1S/C11H16F2N2O4S2/c12-9(13)7-19-6-4-10(16)15-5-3-8-1-2-11(20-8)21(14,17)18/h1-2,9H,3-7H2,(H,15,16)(H2,14,17,18). The van der Waals surface area contributed by atoms with Crippen molar-refractivity contribution in [2.45, 2.75) is 23.5 Å². The maximum Gasteiger partial charge on any atom is 0.261 e. The van der Waals surface area contributed by atoms with E-state index in [1.54, 1.807) is 6.07 Å². The molecule has 1 aromatic heterocycles. The Balaban J connectivity index is 2.21. The van der Waals surface area contributed by atoms with Crippen molar-refractivity contribution in [2.24, 2.45) is 5.14 Å². The molecular formula is C11H16F2N2O4S2. The first-order chi connectivity index (χ1) is 9.79. The predicted octanol–water partition coefficient (Wildman–Crippen LogP) is 0.726. The van der Waals surface area contributed by atoms with E-state index in [2.05, 4.69) is 10.1 Å². The largest absolute Gasteiger partial charge is 0.375 e. The summed E-state index contributed by atoms with van der Waals surface area (Å²) < 4.78 is 50.3. The first kappa shape index (κ1) is 18.0. The Morgan fingerprint density at radius 3 is 2.71 bits per heavy atom. The zero-order valence-corrected chi connectivity index (χ0v) is 12.7. The molecule has 3 N–H and O–H groups in total. The van der Waals surface area contributed by atoms with Crippen LogP contribution in [0.1, 0.15) is 11.3 Å². The second kappa shape index (κ2) is 8.37. The lowest BCUT2D eigenvalue weighted by atomic mass is 10.3. The van der Waals surface area contributed by atoms with Gasteiger partial charge < -0.3 is 10.1 Å². The molecule has 1 amide bonds. The molecule has 0 fully saturated rings. The van der Waals surface area contributed by atoms with Crippen molar-refractivity contribution >= 4 is 27.3 Å². The number of nitrogens with one attached hydrogen (secondary N) is 1. The van der Waals surface area contributed by atoms with Crippen LogP contribution in [0.2, 0.25) is 0 Å². The maximum atomic E-state index is 11.8. The van der Waals surface area contributed by atoms with Crippen LogP contribution in [0.3, 0.4) is 0 Å². The number of rotatable bonds is 9. The molecule has 0 saturated carbocycles. The van der Waals surface area contributed by atoms with Gasteiger partial charge >= 0.3 is 0 Å². The number of thiophene rings is 1. The van der Waals surface area contributed by atoms with E-state index in [1.807, 2.05) is 0 Å². The molecule has 0 radical (unpaired) electrons. The highest BCUT2D eigenvalue weighted by molar-refractivity contribution is 7.91. The average Bonchev–Trinajstić information content (AvgIpc) is 2.83. The molecule has 1 rings (SSSR count). The molecule has 0 atom stereocenters. The molecule has 0 aliphatic rings. The minimum atomic E-state index is -3.69. The Morgan fingerprint density at radius 1 is 1.43 bits per heavy atom. The highest BCUT2D eigenvalue weighted by atomic mass is 32.2. The molecule has 0 bridgehead atoms. The second-order valence-electron chi connectivity index (χ2n) is 4.08. The number of primary sulfonamides is 1. The number of amides is 1. The van der Waals surface area contributed by atoms with Crippen LogP contribution >= 0.6 is 11.3 Å². The highest BCUT2D eigenvalue weighted by Crippen LogP contribution is 2.20. The number of hydrogen-bond donors (Lipinski definition) is 2. The summed E-state index contributed by atoms with van der Waals surface area (Å²) in [5.74, 6) is -0.313. The van der Waals surface area contributed by atoms with Gasteiger partial charge in [0.05, 0.1) is 6.61 Å². The number of alkyl halides is 2. The summed E-state index contributed by atoms with van der Waals surface area (Å²) in [6, 6.07) is 3.04. The summed E-state index contributed by atoms with van der Waals surface area (Å²) in [7, 11) is -3.69. The molecule has 1 heterocycles. The molecule has 21 heavy (non-hydrogen) atoms. The number of ether oxygens (including phenoxy) is 1. The van der Waals surface area contributed by atoms with Gasteiger partial charge in [0.2, 0.25) is 15.9 Å². The summed E-state index contributed by atoms with van der Waals surface area (Å²) in [6.45, 7) is -0.429. The number of hydrogen-bond acceptors (Lipinski definition) is 5. The Labute approximate surface area is 125 Å². The van der Waals surface area contributed by atoms with Gasteiger partial charge in [0, 0.05) is 17.8 Å². The Kier molecular flexibility index (Phi) is 7.15. The van der Waals surface area contributed by atoms with E-state index in [0.29, 0.717) is 13.0 Å². The van der Waals surface area contributed by atoms with Crippen molar-refractivity contribution in [3.8, 4) is 0 Å². The maximum absolute atomic E-state index is 11.8. The predicted molar refractivity (Wildman–Crippen MR) is 73.8 cm³/mol. The minimum Gasteiger partial charge on any atom is -0.375 e. The lowest BCUT2D eigenvalue weighted by molar-refractivity contribution is -0.122. The third-order valence-corrected chi connectivity index (χ3v) is 4.91. The van der Waals surface area contributed by atoms with E-state index < -0.39 is 23.1 Å². The fourth-order valence-electron chi connectivity index (χ4n) is 1.40. The SMILES string of the molecule is NS(=O)(=O)c1ccc(CCNC(=O)CCOCC(F)F)s1. The van der Waals surface area contributed by atoms with Crippen LogP contribution in [0.4, 0.5) is 8.78 Å². The van der Waals surface area contributed by atoms with E-state index in [-0.39, 0.29) is 23.1 Å². The van der Waals surface area contributed by atoms with Crippen molar-refractivity contribution in [3.05, 3.63) is 17.0 Å². The van der Waals surface area contributed by atoms with Gasteiger partial charge in [-0.05, 0) is 18.6 Å². The van der Waals surface area contributed by atoms with Crippen LogP contribution in [0.15, 0.2) is 16.3 Å². The zero-order valence-electron chi connectivity index (χ0n) is 11.1. The minimum absolute atomic E-state index is 0.000407. The lowest BCUT2D eigenvalue weighted by Crippen LogP contribution is -2.26. The van der Waals surface area contributed by atoms with Crippen LogP contribution in [0.25, 0.3) is 0 Å².